The van der Waals surface area contributed by atoms with Gasteiger partial charge >= 0.3 is 0 Å². The van der Waals surface area contributed by atoms with Gasteiger partial charge in [-0.2, -0.15) is 9.41 Å². The van der Waals surface area contributed by atoms with Gasteiger partial charge in [0.25, 0.3) is 5.91 Å². The number of benzene rings is 2. The van der Waals surface area contributed by atoms with Gasteiger partial charge in [0.05, 0.1) is 31.4 Å². The van der Waals surface area contributed by atoms with Gasteiger partial charge in [-0.25, -0.2) is 13.8 Å². The van der Waals surface area contributed by atoms with Crippen molar-refractivity contribution in [3.8, 4) is 11.5 Å². The van der Waals surface area contributed by atoms with E-state index in [1.165, 1.54) is 48.0 Å². The summed E-state index contributed by atoms with van der Waals surface area (Å²) in [6.45, 7) is 1.24. The van der Waals surface area contributed by atoms with Gasteiger partial charge in [0.1, 0.15) is 0 Å². The second kappa shape index (κ2) is 9.03. The fourth-order valence-electron chi connectivity index (χ4n) is 2.75. The zero-order chi connectivity index (χ0) is 20.9. The maximum absolute atomic E-state index is 12.7. The summed E-state index contributed by atoms with van der Waals surface area (Å²) >= 11 is 0. The first-order valence-electron chi connectivity index (χ1n) is 8.80. The van der Waals surface area contributed by atoms with E-state index in [1.807, 2.05) is 0 Å². The Kier molecular flexibility index (Phi) is 6.47. The van der Waals surface area contributed by atoms with Gasteiger partial charge in [-0.3, -0.25) is 4.79 Å². The standard InChI is InChI=1S/C19H21N3O6S/c1-27-18-6-5-14(11-17(18)23)13-20-21-19(24)15-3-2-4-16(12-15)29(25,26)22-7-9-28-10-8-22/h2-6,11-13,23H,7-10H2,1H3,(H,21,24)/b20-13-. The Morgan fingerprint density at radius 3 is 2.69 bits per heavy atom. The van der Waals surface area contributed by atoms with E-state index in [0.717, 1.165) is 0 Å². The molecule has 9 nitrogen and oxygen atoms in total. The molecule has 1 saturated heterocycles. The number of aromatic hydroxyl groups is 1. The minimum Gasteiger partial charge on any atom is -0.504 e. The highest BCUT2D eigenvalue weighted by atomic mass is 32.2. The van der Waals surface area contributed by atoms with Crippen LogP contribution in [-0.2, 0) is 14.8 Å². The van der Waals surface area contributed by atoms with Crippen LogP contribution in [0.25, 0.3) is 0 Å². The van der Waals surface area contributed by atoms with Crippen molar-refractivity contribution < 1.29 is 27.8 Å². The molecule has 1 heterocycles. The summed E-state index contributed by atoms with van der Waals surface area (Å²) in [6, 6.07) is 10.4. The number of hydrazone groups is 1. The van der Waals surface area contributed by atoms with E-state index >= 15 is 0 Å². The fourth-order valence-corrected chi connectivity index (χ4v) is 4.21. The lowest BCUT2D eigenvalue weighted by Gasteiger charge is -2.26. The third kappa shape index (κ3) is 4.91. The Morgan fingerprint density at radius 1 is 1.24 bits per heavy atom. The van der Waals surface area contributed by atoms with Crippen LogP contribution in [0.15, 0.2) is 52.5 Å². The van der Waals surface area contributed by atoms with Gasteiger partial charge in [-0.05, 0) is 42.0 Å². The Balaban J connectivity index is 1.70. The Morgan fingerprint density at radius 2 is 2.00 bits per heavy atom. The molecule has 1 amide bonds. The Hall–Kier alpha value is -2.95. The molecule has 10 heteroatoms. The van der Waals surface area contributed by atoms with Crippen LogP contribution in [0, 0.1) is 0 Å². The molecule has 154 valence electrons. The van der Waals surface area contributed by atoms with Gasteiger partial charge in [-0.15, -0.1) is 0 Å². The Labute approximate surface area is 168 Å². The summed E-state index contributed by atoms with van der Waals surface area (Å²) in [6.07, 6.45) is 1.35. The molecule has 0 atom stereocenters. The van der Waals surface area contributed by atoms with Crippen LogP contribution in [0.3, 0.4) is 0 Å². The van der Waals surface area contributed by atoms with E-state index in [1.54, 1.807) is 12.1 Å². The van der Waals surface area contributed by atoms with Crippen molar-refractivity contribution in [1.82, 2.24) is 9.73 Å². The fraction of sp³-hybridized carbons (Fsp3) is 0.263. The van der Waals surface area contributed by atoms with Gasteiger partial charge in [0.15, 0.2) is 11.5 Å². The van der Waals surface area contributed by atoms with Crippen LogP contribution in [0.2, 0.25) is 0 Å². The molecule has 2 aromatic carbocycles. The molecular weight excluding hydrogens is 398 g/mol. The third-order valence-electron chi connectivity index (χ3n) is 4.29. The zero-order valence-corrected chi connectivity index (χ0v) is 16.6. The van der Waals surface area contributed by atoms with Crippen LogP contribution in [0.5, 0.6) is 11.5 Å². The van der Waals surface area contributed by atoms with E-state index in [4.69, 9.17) is 9.47 Å². The number of sulfonamides is 1. The van der Waals surface area contributed by atoms with E-state index < -0.39 is 15.9 Å². The van der Waals surface area contributed by atoms with E-state index in [0.29, 0.717) is 24.5 Å². The molecule has 29 heavy (non-hydrogen) atoms. The number of methoxy groups -OCH3 is 1. The van der Waals surface area contributed by atoms with Crippen LogP contribution in [0.1, 0.15) is 15.9 Å². The van der Waals surface area contributed by atoms with Crippen molar-refractivity contribution in [3.05, 3.63) is 53.6 Å². The average molecular weight is 419 g/mol. The lowest BCUT2D eigenvalue weighted by molar-refractivity contribution is 0.0730. The van der Waals surface area contributed by atoms with E-state index in [2.05, 4.69) is 10.5 Å². The number of phenols is 1. The van der Waals surface area contributed by atoms with E-state index in [9.17, 15) is 18.3 Å². The van der Waals surface area contributed by atoms with Crippen LogP contribution < -0.4 is 10.2 Å². The lowest BCUT2D eigenvalue weighted by Crippen LogP contribution is -2.40. The summed E-state index contributed by atoms with van der Waals surface area (Å²) in [4.78, 5) is 12.4. The number of phenolic OH excluding ortho intramolecular Hbond substituents is 1. The first kappa shape index (κ1) is 20.8. The molecule has 0 bridgehead atoms. The molecule has 3 rings (SSSR count). The predicted octanol–water partition coefficient (Wildman–Crippen LogP) is 1.19. The minimum absolute atomic E-state index is 0.0381. The van der Waals surface area contributed by atoms with Crippen molar-refractivity contribution in [1.29, 1.82) is 0 Å². The molecule has 0 aliphatic carbocycles. The van der Waals surface area contributed by atoms with Gasteiger partial charge in [0.2, 0.25) is 10.0 Å². The van der Waals surface area contributed by atoms with Gasteiger partial charge in [-0.1, -0.05) is 6.07 Å². The molecular formula is C19H21N3O6S. The molecule has 1 fully saturated rings. The maximum atomic E-state index is 12.7. The summed E-state index contributed by atoms with van der Waals surface area (Å²) in [5, 5.41) is 13.6. The Bertz CT molecular complexity index is 1020. The number of ether oxygens (including phenoxy) is 2. The average Bonchev–Trinajstić information content (AvgIpc) is 2.74. The maximum Gasteiger partial charge on any atom is 0.271 e. The van der Waals surface area contributed by atoms with Crippen molar-refractivity contribution in [2.75, 3.05) is 33.4 Å². The van der Waals surface area contributed by atoms with E-state index in [-0.39, 0.29) is 29.3 Å². The SMILES string of the molecule is COc1ccc(/C=N\NC(=O)c2cccc(S(=O)(=O)N3CCOCC3)c2)cc1O. The summed E-state index contributed by atoms with van der Waals surface area (Å²) in [7, 11) is -2.26. The molecule has 0 spiro atoms. The molecule has 1 aliphatic heterocycles. The number of rotatable bonds is 6. The number of carbonyl (C=O) groups is 1. The second-order valence-electron chi connectivity index (χ2n) is 6.17. The number of carbonyl (C=O) groups excluding carboxylic acids is 1. The molecule has 0 saturated carbocycles. The van der Waals surface area contributed by atoms with Crippen molar-refractivity contribution in [2.45, 2.75) is 4.90 Å². The number of nitrogens with zero attached hydrogens (tertiary/aromatic N) is 2. The van der Waals surface area contributed by atoms with Crippen molar-refractivity contribution >= 4 is 22.1 Å². The highest BCUT2D eigenvalue weighted by Gasteiger charge is 2.26. The monoisotopic (exact) mass is 419 g/mol. The number of morpholine rings is 1. The molecule has 2 aromatic rings. The highest BCUT2D eigenvalue weighted by Crippen LogP contribution is 2.25. The topological polar surface area (TPSA) is 118 Å². The molecule has 0 unspecified atom stereocenters. The van der Waals surface area contributed by atoms with Crippen molar-refractivity contribution in [2.24, 2.45) is 5.10 Å². The quantitative estimate of drug-likeness (QED) is 0.536. The number of hydrogen-bond acceptors (Lipinski definition) is 7. The molecule has 0 radical (unpaired) electrons. The minimum atomic E-state index is -3.70. The predicted molar refractivity (Wildman–Crippen MR) is 106 cm³/mol. The molecule has 1 aliphatic rings. The first-order chi connectivity index (χ1) is 13.9. The van der Waals surface area contributed by atoms with Crippen LogP contribution in [0.4, 0.5) is 0 Å². The second-order valence-corrected chi connectivity index (χ2v) is 8.11. The summed E-state index contributed by atoms with van der Waals surface area (Å²) in [5.74, 6) is -0.286. The smallest absolute Gasteiger partial charge is 0.271 e. The van der Waals surface area contributed by atoms with Gasteiger partial charge < -0.3 is 14.6 Å². The number of nitrogens with one attached hydrogen (secondary N) is 1. The molecule has 2 N–H and O–H groups in total. The largest absolute Gasteiger partial charge is 0.504 e. The highest BCUT2D eigenvalue weighted by molar-refractivity contribution is 7.89. The third-order valence-corrected chi connectivity index (χ3v) is 6.18. The summed E-state index contributed by atoms with van der Waals surface area (Å²) in [5.41, 5.74) is 3.05. The van der Waals surface area contributed by atoms with Crippen LogP contribution >= 0.6 is 0 Å². The number of amides is 1. The lowest BCUT2D eigenvalue weighted by atomic mass is 10.2. The zero-order valence-electron chi connectivity index (χ0n) is 15.7. The first-order valence-corrected chi connectivity index (χ1v) is 10.2. The van der Waals surface area contributed by atoms with Crippen molar-refractivity contribution in [3.63, 3.8) is 0 Å². The number of hydrogen-bond donors (Lipinski definition) is 2. The normalized spacial score (nSPS) is 15.3. The van der Waals surface area contributed by atoms with Crippen LogP contribution in [-0.4, -0.2) is 63.4 Å². The molecule has 0 aromatic heterocycles. The summed E-state index contributed by atoms with van der Waals surface area (Å²) < 4.78 is 36.9. The van der Waals surface area contributed by atoms with Gasteiger partial charge in [0, 0.05) is 18.7 Å².